The third-order valence-electron chi connectivity index (χ3n) is 3.78. The Morgan fingerprint density at radius 3 is 2.35 bits per heavy atom. The smallest absolute Gasteiger partial charge is 0.224 e. The Hall–Kier alpha value is -2.24. The lowest BCUT2D eigenvalue weighted by Crippen LogP contribution is -2.38. The van der Waals surface area contributed by atoms with E-state index >= 15 is 0 Å². The van der Waals surface area contributed by atoms with E-state index in [-0.39, 0.29) is 18.2 Å². The molecule has 0 spiro atoms. The van der Waals surface area contributed by atoms with Crippen molar-refractivity contribution in [2.75, 3.05) is 25.1 Å². The molecule has 0 atom stereocenters. The molecule has 0 aliphatic heterocycles. The van der Waals surface area contributed by atoms with Crippen molar-refractivity contribution in [1.29, 1.82) is 0 Å². The van der Waals surface area contributed by atoms with Crippen LogP contribution in [0.2, 0.25) is 10.0 Å². The molecule has 138 valence electrons. The summed E-state index contributed by atoms with van der Waals surface area (Å²) in [7, 11) is 1.59. The first-order valence-electron chi connectivity index (χ1n) is 8.03. The Morgan fingerprint density at radius 1 is 1.08 bits per heavy atom. The summed E-state index contributed by atoms with van der Waals surface area (Å²) in [4.78, 5) is 25.5. The summed E-state index contributed by atoms with van der Waals surface area (Å²) >= 11 is 11.9. The lowest BCUT2D eigenvalue weighted by atomic mass is 10.1. The van der Waals surface area contributed by atoms with Crippen molar-refractivity contribution in [3.8, 4) is 5.75 Å². The monoisotopic (exact) mass is 394 g/mol. The van der Waals surface area contributed by atoms with Gasteiger partial charge in [0.05, 0.1) is 23.6 Å². The van der Waals surface area contributed by atoms with Crippen molar-refractivity contribution >= 4 is 40.7 Å². The Labute approximate surface area is 162 Å². The maximum Gasteiger partial charge on any atom is 0.224 e. The van der Waals surface area contributed by atoms with E-state index in [1.165, 1.54) is 11.8 Å². The fourth-order valence-electron chi connectivity index (χ4n) is 2.42. The molecule has 0 aromatic heterocycles. The van der Waals surface area contributed by atoms with E-state index in [1.54, 1.807) is 25.3 Å². The van der Waals surface area contributed by atoms with E-state index in [0.717, 1.165) is 11.3 Å². The molecular weight excluding hydrogens is 375 g/mol. The first kappa shape index (κ1) is 20.1. The van der Waals surface area contributed by atoms with Crippen molar-refractivity contribution in [3.63, 3.8) is 0 Å². The molecular formula is C19H20Cl2N2O3. The van der Waals surface area contributed by atoms with E-state index < -0.39 is 0 Å². The Bertz CT molecular complexity index is 779. The number of carbonyl (C=O) groups excluding carboxylic acids is 2. The average molecular weight is 395 g/mol. The number of rotatable bonds is 7. The molecule has 2 aromatic rings. The second-order valence-electron chi connectivity index (χ2n) is 5.64. The summed E-state index contributed by atoms with van der Waals surface area (Å²) in [5, 5.41) is 3.61. The second-order valence-corrected chi connectivity index (χ2v) is 6.46. The van der Waals surface area contributed by atoms with Gasteiger partial charge in [-0.3, -0.25) is 9.59 Å². The number of ether oxygens (including phenoxy) is 1. The highest BCUT2D eigenvalue weighted by atomic mass is 35.5. The number of nitrogens with one attached hydrogen (secondary N) is 1. The van der Waals surface area contributed by atoms with Crippen LogP contribution in [-0.4, -0.2) is 32.0 Å². The molecule has 2 aromatic carbocycles. The zero-order valence-electron chi connectivity index (χ0n) is 14.6. The molecule has 0 radical (unpaired) electrons. The van der Waals surface area contributed by atoms with Crippen LogP contribution >= 0.6 is 23.2 Å². The summed E-state index contributed by atoms with van der Waals surface area (Å²) < 4.78 is 5.09. The number of methoxy groups -OCH3 is 1. The number of anilines is 1. The molecule has 0 saturated heterocycles. The van der Waals surface area contributed by atoms with Crippen molar-refractivity contribution < 1.29 is 14.3 Å². The minimum absolute atomic E-state index is 0.118. The van der Waals surface area contributed by atoms with Gasteiger partial charge >= 0.3 is 0 Å². The van der Waals surface area contributed by atoms with Crippen LogP contribution in [0.25, 0.3) is 0 Å². The zero-order valence-corrected chi connectivity index (χ0v) is 16.1. The van der Waals surface area contributed by atoms with Crippen LogP contribution < -0.4 is 15.0 Å². The van der Waals surface area contributed by atoms with Gasteiger partial charge in [-0.05, 0) is 35.9 Å². The van der Waals surface area contributed by atoms with Gasteiger partial charge in [-0.1, -0.05) is 35.3 Å². The van der Waals surface area contributed by atoms with Gasteiger partial charge in [0.25, 0.3) is 0 Å². The van der Waals surface area contributed by atoms with Crippen LogP contribution in [0.1, 0.15) is 12.5 Å². The Kier molecular flexibility index (Phi) is 7.30. The summed E-state index contributed by atoms with van der Waals surface area (Å²) in [6.07, 6.45) is 0.261. The van der Waals surface area contributed by atoms with Crippen molar-refractivity contribution in [2.24, 2.45) is 0 Å². The number of hydrogen-bond donors (Lipinski definition) is 1. The van der Waals surface area contributed by atoms with E-state index in [9.17, 15) is 9.59 Å². The molecule has 0 unspecified atom stereocenters. The predicted octanol–water partition coefficient (Wildman–Crippen LogP) is 3.71. The van der Waals surface area contributed by atoms with Crippen LogP contribution in [-0.2, 0) is 16.0 Å². The SMILES string of the molecule is COc1ccc(CC(=O)NCCN(C(C)=O)c2ccc(Cl)c(Cl)c2)cc1. The van der Waals surface area contributed by atoms with Crippen LogP contribution in [0.4, 0.5) is 5.69 Å². The Balaban J connectivity index is 1.89. The fourth-order valence-corrected chi connectivity index (χ4v) is 2.71. The molecule has 0 aliphatic rings. The number of halogens is 2. The lowest BCUT2D eigenvalue weighted by Gasteiger charge is -2.22. The molecule has 26 heavy (non-hydrogen) atoms. The second kappa shape index (κ2) is 9.46. The van der Waals surface area contributed by atoms with E-state index in [2.05, 4.69) is 5.32 Å². The summed E-state index contributed by atoms with van der Waals surface area (Å²) in [5.74, 6) is 0.480. The highest BCUT2D eigenvalue weighted by Crippen LogP contribution is 2.27. The number of amides is 2. The first-order chi connectivity index (χ1) is 12.4. The first-order valence-corrected chi connectivity index (χ1v) is 8.79. The number of nitrogens with zero attached hydrogens (tertiary/aromatic N) is 1. The number of carbonyl (C=O) groups is 2. The summed E-state index contributed by atoms with van der Waals surface area (Å²) in [5.41, 5.74) is 1.52. The van der Waals surface area contributed by atoms with Crippen molar-refractivity contribution in [2.45, 2.75) is 13.3 Å². The van der Waals surface area contributed by atoms with Crippen LogP contribution in [0.3, 0.4) is 0 Å². The molecule has 0 saturated carbocycles. The third kappa shape index (κ3) is 5.64. The van der Waals surface area contributed by atoms with Gasteiger partial charge in [-0.15, -0.1) is 0 Å². The number of benzene rings is 2. The zero-order chi connectivity index (χ0) is 19.1. The van der Waals surface area contributed by atoms with E-state index in [1.807, 2.05) is 24.3 Å². The maximum absolute atomic E-state index is 12.1. The Morgan fingerprint density at radius 2 is 1.77 bits per heavy atom. The lowest BCUT2D eigenvalue weighted by molar-refractivity contribution is -0.121. The van der Waals surface area contributed by atoms with E-state index in [4.69, 9.17) is 27.9 Å². The topological polar surface area (TPSA) is 58.6 Å². The largest absolute Gasteiger partial charge is 0.497 e. The number of hydrogen-bond acceptors (Lipinski definition) is 3. The summed E-state index contributed by atoms with van der Waals surface area (Å²) in [6, 6.07) is 12.3. The quantitative estimate of drug-likeness (QED) is 0.778. The summed E-state index contributed by atoms with van der Waals surface area (Å²) in [6.45, 7) is 2.12. The van der Waals surface area contributed by atoms with Gasteiger partial charge in [0, 0.05) is 25.7 Å². The third-order valence-corrected chi connectivity index (χ3v) is 4.52. The minimum atomic E-state index is -0.146. The molecule has 2 rings (SSSR count). The van der Waals surface area contributed by atoms with E-state index in [0.29, 0.717) is 28.8 Å². The van der Waals surface area contributed by atoms with Crippen LogP contribution in [0.15, 0.2) is 42.5 Å². The van der Waals surface area contributed by atoms with Crippen LogP contribution in [0, 0.1) is 0 Å². The molecule has 0 fully saturated rings. The maximum atomic E-state index is 12.1. The molecule has 5 nitrogen and oxygen atoms in total. The van der Waals surface area contributed by atoms with Crippen molar-refractivity contribution in [3.05, 3.63) is 58.1 Å². The highest BCUT2D eigenvalue weighted by molar-refractivity contribution is 6.42. The molecule has 0 aliphatic carbocycles. The van der Waals surface area contributed by atoms with Gasteiger partial charge in [-0.25, -0.2) is 0 Å². The minimum Gasteiger partial charge on any atom is -0.497 e. The standard InChI is InChI=1S/C19H20Cl2N2O3/c1-13(24)23(15-5-8-17(20)18(21)12-15)10-9-22-19(25)11-14-3-6-16(26-2)7-4-14/h3-8,12H,9-11H2,1-2H3,(H,22,25). The predicted molar refractivity (Wildman–Crippen MR) is 104 cm³/mol. The highest BCUT2D eigenvalue weighted by Gasteiger charge is 2.13. The molecule has 7 heteroatoms. The average Bonchev–Trinajstić information content (AvgIpc) is 2.61. The van der Waals surface area contributed by atoms with Crippen molar-refractivity contribution in [1.82, 2.24) is 5.32 Å². The van der Waals surface area contributed by atoms with Gasteiger partial charge in [-0.2, -0.15) is 0 Å². The van der Waals surface area contributed by atoms with Gasteiger partial charge in [0.1, 0.15) is 5.75 Å². The van der Waals surface area contributed by atoms with Gasteiger partial charge < -0.3 is 15.0 Å². The normalized spacial score (nSPS) is 10.3. The fraction of sp³-hybridized carbons (Fsp3) is 0.263. The molecule has 0 bridgehead atoms. The molecule has 0 heterocycles. The van der Waals surface area contributed by atoms with Gasteiger partial charge in [0.15, 0.2) is 0 Å². The molecule has 2 amide bonds. The van der Waals surface area contributed by atoms with Gasteiger partial charge in [0.2, 0.25) is 11.8 Å². The van der Waals surface area contributed by atoms with Crippen LogP contribution in [0.5, 0.6) is 5.75 Å². The molecule has 1 N–H and O–H groups in total.